The van der Waals surface area contributed by atoms with E-state index in [0.717, 1.165) is 6.07 Å². The standard InChI is InChI=1S/C14H10BrF2NO3/c1-2-20-14(19)8-3-4-12(18-7-8)21-11-6-9(15)5-10(16)13(11)17/h3-7H,2H2,1H3. The van der Waals surface area contributed by atoms with Crippen LogP contribution in [0.2, 0.25) is 0 Å². The number of esters is 1. The first-order chi connectivity index (χ1) is 10.0. The Hall–Kier alpha value is -2.02. The molecule has 7 heteroatoms. The second kappa shape index (κ2) is 6.62. The van der Waals surface area contributed by atoms with Gasteiger partial charge >= 0.3 is 5.97 Å². The van der Waals surface area contributed by atoms with Crippen LogP contribution in [-0.4, -0.2) is 17.6 Å². The molecule has 0 radical (unpaired) electrons. The highest BCUT2D eigenvalue weighted by molar-refractivity contribution is 9.10. The molecule has 0 saturated heterocycles. The molecule has 0 aliphatic carbocycles. The lowest BCUT2D eigenvalue weighted by atomic mass is 10.3. The number of benzene rings is 1. The van der Waals surface area contributed by atoms with E-state index in [0.29, 0.717) is 4.47 Å². The minimum absolute atomic E-state index is 0.0273. The SMILES string of the molecule is CCOC(=O)c1ccc(Oc2cc(Br)cc(F)c2F)nc1. The summed E-state index contributed by atoms with van der Waals surface area (Å²) >= 11 is 3.04. The van der Waals surface area contributed by atoms with Crippen LogP contribution in [0, 0.1) is 11.6 Å². The number of pyridine rings is 1. The second-order valence-corrected chi connectivity index (χ2v) is 4.82. The van der Waals surface area contributed by atoms with E-state index in [-0.39, 0.29) is 23.8 Å². The molecule has 0 bridgehead atoms. The first kappa shape index (κ1) is 15.4. The zero-order valence-corrected chi connectivity index (χ0v) is 12.5. The van der Waals surface area contributed by atoms with Crippen LogP contribution in [0.3, 0.4) is 0 Å². The molecule has 0 unspecified atom stereocenters. The lowest BCUT2D eigenvalue weighted by Gasteiger charge is -2.07. The predicted molar refractivity (Wildman–Crippen MR) is 74.3 cm³/mol. The Kier molecular flexibility index (Phi) is 4.85. The molecular weight excluding hydrogens is 348 g/mol. The maximum atomic E-state index is 13.6. The Labute approximate surface area is 127 Å². The van der Waals surface area contributed by atoms with Gasteiger partial charge in [0, 0.05) is 16.7 Å². The normalized spacial score (nSPS) is 10.3. The summed E-state index contributed by atoms with van der Waals surface area (Å²) in [6.45, 7) is 1.94. The zero-order chi connectivity index (χ0) is 15.4. The van der Waals surface area contributed by atoms with Gasteiger partial charge in [-0.3, -0.25) is 0 Å². The molecule has 0 spiro atoms. The van der Waals surface area contributed by atoms with Gasteiger partial charge in [-0.1, -0.05) is 15.9 Å². The van der Waals surface area contributed by atoms with E-state index in [1.165, 1.54) is 24.4 Å². The van der Waals surface area contributed by atoms with Gasteiger partial charge in [-0.25, -0.2) is 14.2 Å². The number of carbonyl (C=O) groups is 1. The van der Waals surface area contributed by atoms with Gasteiger partial charge in [0.15, 0.2) is 11.6 Å². The molecule has 4 nitrogen and oxygen atoms in total. The fraction of sp³-hybridized carbons (Fsp3) is 0.143. The number of carbonyl (C=O) groups excluding carboxylic acids is 1. The predicted octanol–water partition coefficient (Wildman–Crippen LogP) is 4.09. The lowest BCUT2D eigenvalue weighted by Crippen LogP contribution is -2.05. The van der Waals surface area contributed by atoms with Crippen molar-refractivity contribution >= 4 is 21.9 Å². The monoisotopic (exact) mass is 357 g/mol. The van der Waals surface area contributed by atoms with Crippen molar-refractivity contribution in [3.8, 4) is 11.6 Å². The molecular formula is C14H10BrF2NO3. The van der Waals surface area contributed by atoms with Crippen molar-refractivity contribution in [3.63, 3.8) is 0 Å². The summed E-state index contributed by atoms with van der Waals surface area (Å²) in [7, 11) is 0. The Balaban J connectivity index is 2.19. The largest absolute Gasteiger partial charge is 0.462 e. The highest BCUT2D eigenvalue weighted by Gasteiger charge is 2.13. The third-order valence-electron chi connectivity index (χ3n) is 2.42. The number of halogens is 3. The molecule has 110 valence electrons. The molecule has 21 heavy (non-hydrogen) atoms. The molecule has 1 heterocycles. The van der Waals surface area contributed by atoms with Crippen LogP contribution in [-0.2, 0) is 4.74 Å². The van der Waals surface area contributed by atoms with Crippen LogP contribution in [0.25, 0.3) is 0 Å². The molecule has 0 saturated carbocycles. The molecule has 0 aliphatic rings. The third kappa shape index (κ3) is 3.75. The third-order valence-corrected chi connectivity index (χ3v) is 2.88. The molecule has 1 aromatic heterocycles. The molecule has 0 fully saturated rings. The average Bonchev–Trinajstić information content (AvgIpc) is 2.45. The number of hydrogen-bond acceptors (Lipinski definition) is 4. The van der Waals surface area contributed by atoms with Gasteiger partial charge < -0.3 is 9.47 Å². The molecule has 2 rings (SSSR count). The highest BCUT2D eigenvalue weighted by Crippen LogP contribution is 2.28. The molecule has 1 aromatic carbocycles. The maximum Gasteiger partial charge on any atom is 0.339 e. The zero-order valence-electron chi connectivity index (χ0n) is 10.9. The van der Waals surface area contributed by atoms with Gasteiger partial charge in [-0.2, -0.15) is 4.39 Å². The molecule has 2 aromatic rings. The van der Waals surface area contributed by atoms with E-state index in [2.05, 4.69) is 20.9 Å². The molecule has 0 amide bonds. The second-order valence-electron chi connectivity index (χ2n) is 3.91. The van der Waals surface area contributed by atoms with Crippen LogP contribution in [0.1, 0.15) is 17.3 Å². The summed E-state index contributed by atoms with van der Waals surface area (Å²) < 4.78 is 37.1. The van der Waals surface area contributed by atoms with Gasteiger partial charge in [-0.15, -0.1) is 0 Å². The van der Waals surface area contributed by atoms with E-state index in [1.54, 1.807) is 6.92 Å². The Bertz CT molecular complexity index is 662. The minimum atomic E-state index is -1.12. The maximum absolute atomic E-state index is 13.6. The van der Waals surface area contributed by atoms with Crippen molar-refractivity contribution in [1.82, 2.24) is 4.98 Å². The molecule has 0 atom stereocenters. The summed E-state index contributed by atoms with van der Waals surface area (Å²) in [5, 5.41) is 0. The number of hydrogen-bond donors (Lipinski definition) is 0. The molecule has 0 N–H and O–H groups in total. The van der Waals surface area contributed by atoms with Crippen molar-refractivity contribution < 1.29 is 23.0 Å². The van der Waals surface area contributed by atoms with Gasteiger partial charge in [0.1, 0.15) is 0 Å². The van der Waals surface area contributed by atoms with Crippen molar-refractivity contribution in [2.24, 2.45) is 0 Å². The quantitative estimate of drug-likeness (QED) is 0.610. The lowest BCUT2D eigenvalue weighted by molar-refractivity contribution is 0.0526. The first-order valence-electron chi connectivity index (χ1n) is 5.97. The Morgan fingerprint density at radius 2 is 2.10 bits per heavy atom. The topological polar surface area (TPSA) is 48.4 Å². The van der Waals surface area contributed by atoms with E-state index in [9.17, 15) is 13.6 Å². The molecule has 0 aliphatic heterocycles. The van der Waals surface area contributed by atoms with Crippen LogP contribution in [0.4, 0.5) is 8.78 Å². The van der Waals surface area contributed by atoms with E-state index >= 15 is 0 Å². The smallest absolute Gasteiger partial charge is 0.339 e. The first-order valence-corrected chi connectivity index (χ1v) is 6.76. The van der Waals surface area contributed by atoms with Crippen molar-refractivity contribution in [1.29, 1.82) is 0 Å². The fourth-order valence-electron chi connectivity index (χ4n) is 1.50. The van der Waals surface area contributed by atoms with Gasteiger partial charge in [0.25, 0.3) is 0 Å². The van der Waals surface area contributed by atoms with Crippen LogP contribution in [0.5, 0.6) is 11.6 Å². The van der Waals surface area contributed by atoms with Crippen LogP contribution < -0.4 is 4.74 Å². The summed E-state index contributed by atoms with van der Waals surface area (Å²) in [6, 6.07) is 5.05. The van der Waals surface area contributed by atoms with Gasteiger partial charge in [0.2, 0.25) is 11.7 Å². The summed E-state index contributed by atoms with van der Waals surface area (Å²) in [6.07, 6.45) is 1.24. The minimum Gasteiger partial charge on any atom is -0.462 e. The fourth-order valence-corrected chi connectivity index (χ4v) is 1.90. The number of nitrogens with zero attached hydrogens (tertiary/aromatic N) is 1. The summed E-state index contributed by atoms with van der Waals surface area (Å²) in [5.41, 5.74) is 0.241. The van der Waals surface area contributed by atoms with Gasteiger partial charge in [-0.05, 0) is 25.1 Å². The average molecular weight is 358 g/mol. The van der Waals surface area contributed by atoms with E-state index in [4.69, 9.17) is 9.47 Å². The Morgan fingerprint density at radius 1 is 1.33 bits per heavy atom. The highest BCUT2D eigenvalue weighted by atomic mass is 79.9. The summed E-state index contributed by atoms with van der Waals surface area (Å²) in [4.78, 5) is 15.3. The number of aromatic nitrogens is 1. The van der Waals surface area contributed by atoms with Crippen molar-refractivity contribution in [3.05, 3.63) is 52.1 Å². The van der Waals surface area contributed by atoms with Crippen molar-refractivity contribution in [2.75, 3.05) is 6.61 Å². The number of ether oxygens (including phenoxy) is 2. The Morgan fingerprint density at radius 3 is 2.71 bits per heavy atom. The van der Waals surface area contributed by atoms with Crippen LogP contribution >= 0.6 is 15.9 Å². The number of rotatable bonds is 4. The summed E-state index contributed by atoms with van der Waals surface area (Å²) in [5.74, 6) is -2.95. The van der Waals surface area contributed by atoms with Crippen LogP contribution in [0.15, 0.2) is 34.9 Å². The van der Waals surface area contributed by atoms with Crippen molar-refractivity contribution in [2.45, 2.75) is 6.92 Å². The van der Waals surface area contributed by atoms with E-state index < -0.39 is 17.6 Å². The van der Waals surface area contributed by atoms with Gasteiger partial charge in [0.05, 0.1) is 12.2 Å². The van der Waals surface area contributed by atoms with E-state index in [1.807, 2.05) is 0 Å².